The van der Waals surface area contributed by atoms with Gasteiger partial charge in [-0.05, 0) is 19.4 Å². The first-order valence-electron chi connectivity index (χ1n) is 6.44. The van der Waals surface area contributed by atoms with Crippen LogP contribution in [0.3, 0.4) is 0 Å². The number of nitrogens with zero attached hydrogens (tertiary/aromatic N) is 3. The number of rotatable bonds is 4. The fourth-order valence-corrected chi connectivity index (χ4v) is 2.04. The van der Waals surface area contributed by atoms with Crippen molar-refractivity contribution >= 4 is 5.91 Å². The number of likely N-dealkylation sites (tertiary alicyclic amines) is 1. The van der Waals surface area contributed by atoms with Crippen LogP contribution >= 0.6 is 0 Å². The molecule has 1 aliphatic heterocycles. The number of aryl methyl sites for hydroxylation is 1. The molecule has 1 aromatic rings. The van der Waals surface area contributed by atoms with Crippen LogP contribution in [-0.2, 0) is 4.79 Å². The molecule has 1 amide bonds. The van der Waals surface area contributed by atoms with Crippen LogP contribution < -0.4 is 4.74 Å². The van der Waals surface area contributed by atoms with Gasteiger partial charge in [0.05, 0.1) is 12.2 Å². The van der Waals surface area contributed by atoms with Crippen molar-refractivity contribution in [3.63, 3.8) is 0 Å². The highest BCUT2D eigenvalue weighted by Gasteiger charge is 2.27. The average molecular weight is 249 g/mol. The second-order valence-corrected chi connectivity index (χ2v) is 4.63. The monoisotopic (exact) mass is 249 g/mol. The van der Waals surface area contributed by atoms with E-state index >= 15 is 0 Å². The molecule has 1 unspecified atom stereocenters. The maximum absolute atomic E-state index is 11.7. The fourth-order valence-electron chi connectivity index (χ4n) is 2.04. The lowest BCUT2D eigenvalue weighted by molar-refractivity contribution is -0.130. The predicted octanol–water partition coefficient (Wildman–Crippen LogP) is 1.56. The lowest BCUT2D eigenvalue weighted by Crippen LogP contribution is -2.30. The third-order valence-electron chi connectivity index (χ3n) is 3.02. The summed E-state index contributed by atoms with van der Waals surface area (Å²) in [6.07, 6.45) is 2.43. The topological polar surface area (TPSA) is 55.3 Å². The average Bonchev–Trinajstić information content (AvgIpc) is 2.81. The number of hydrogen-bond acceptors (Lipinski definition) is 4. The molecule has 0 spiro atoms. The van der Waals surface area contributed by atoms with Crippen LogP contribution in [0.2, 0.25) is 0 Å². The Morgan fingerprint density at radius 2 is 2.33 bits per heavy atom. The van der Waals surface area contributed by atoms with Crippen molar-refractivity contribution in [1.29, 1.82) is 0 Å². The summed E-state index contributed by atoms with van der Waals surface area (Å²) in [7, 11) is 0. The molecular formula is C13H19N3O2. The van der Waals surface area contributed by atoms with E-state index in [0.717, 1.165) is 25.1 Å². The van der Waals surface area contributed by atoms with Gasteiger partial charge in [0.1, 0.15) is 6.10 Å². The summed E-state index contributed by atoms with van der Waals surface area (Å²) in [5, 5.41) is 7.92. The van der Waals surface area contributed by atoms with Crippen LogP contribution in [0.15, 0.2) is 12.1 Å². The summed E-state index contributed by atoms with van der Waals surface area (Å²) in [5.41, 5.74) is 0.869. The molecule has 0 N–H and O–H groups in total. The zero-order valence-corrected chi connectivity index (χ0v) is 10.9. The number of ether oxygens (including phenoxy) is 1. The minimum Gasteiger partial charge on any atom is -0.471 e. The molecule has 1 aliphatic rings. The van der Waals surface area contributed by atoms with Crippen molar-refractivity contribution in [1.82, 2.24) is 15.1 Å². The molecule has 1 aromatic heterocycles. The maximum Gasteiger partial charge on any atom is 0.233 e. The zero-order chi connectivity index (χ0) is 13.0. The van der Waals surface area contributed by atoms with Crippen molar-refractivity contribution in [2.24, 2.45) is 0 Å². The van der Waals surface area contributed by atoms with Gasteiger partial charge >= 0.3 is 0 Å². The quantitative estimate of drug-likeness (QED) is 0.812. The minimum absolute atomic E-state index is 0.0443. The Kier molecular flexibility index (Phi) is 4.12. The SMILES string of the molecule is CCCC(=O)N1CCC(Oc2ccc(C)nn2)C1. The fraction of sp³-hybridized carbons (Fsp3) is 0.615. The Hall–Kier alpha value is -1.65. The standard InChI is InChI=1S/C13H19N3O2/c1-3-4-13(17)16-8-7-11(9-16)18-12-6-5-10(2)14-15-12/h5-6,11H,3-4,7-9H2,1-2H3. The third kappa shape index (κ3) is 3.18. The zero-order valence-electron chi connectivity index (χ0n) is 10.9. The van der Waals surface area contributed by atoms with Crippen LogP contribution in [-0.4, -0.2) is 40.2 Å². The first-order valence-corrected chi connectivity index (χ1v) is 6.44. The predicted molar refractivity (Wildman–Crippen MR) is 67.3 cm³/mol. The molecule has 5 heteroatoms. The van der Waals surface area contributed by atoms with Crippen molar-refractivity contribution in [3.8, 4) is 5.88 Å². The highest BCUT2D eigenvalue weighted by Crippen LogP contribution is 2.17. The Bertz CT molecular complexity index is 405. The lowest BCUT2D eigenvalue weighted by Gasteiger charge is -2.16. The normalized spacial score (nSPS) is 19.0. The molecule has 5 nitrogen and oxygen atoms in total. The molecule has 2 heterocycles. The summed E-state index contributed by atoms with van der Waals surface area (Å²) in [6.45, 7) is 5.35. The highest BCUT2D eigenvalue weighted by atomic mass is 16.5. The van der Waals surface area contributed by atoms with Gasteiger partial charge < -0.3 is 9.64 Å². The molecule has 0 bridgehead atoms. The number of aromatic nitrogens is 2. The number of amides is 1. The third-order valence-corrected chi connectivity index (χ3v) is 3.02. The van der Waals surface area contributed by atoms with Crippen LogP contribution in [0, 0.1) is 6.92 Å². The summed E-state index contributed by atoms with van der Waals surface area (Å²) in [5.74, 6) is 0.758. The van der Waals surface area contributed by atoms with E-state index in [-0.39, 0.29) is 12.0 Å². The van der Waals surface area contributed by atoms with Crippen LogP contribution in [0.5, 0.6) is 5.88 Å². The molecule has 0 radical (unpaired) electrons. The second-order valence-electron chi connectivity index (χ2n) is 4.63. The minimum atomic E-state index is 0.0443. The molecule has 0 saturated carbocycles. The molecule has 1 atom stereocenters. The first kappa shape index (κ1) is 12.8. The molecule has 2 rings (SSSR count). The molecule has 1 saturated heterocycles. The first-order chi connectivity index (χ1) is 8.69. The van der Waals surface area contributed by atoms with E-state index < -0.39 is 0 Å². The largest absolute Gasteiger partial charge is 0.471 e. The summed E-state index contributed by atoms with van der Waals surface area (Å²) in [6, 6.07) is 3.69. The molecule has 1 fully saturated rings. The van der Waals surface area contributed by atoms with Gasteiger partial charge in [-0.2, -0.15) is 5.10 Å². The number of hydrogen-bond donors (Lipinski definition) is 0. The molecule has 0 aromatic carbocycles. The summed E-state index contributed by atoms with van der Waals surface area (Å²) < 4.78 is 5.72. The molecule has 0 aliphatic carbocycles. The number of carbonyl (C=O) groups excluding carboxylic acids is 1. The van der Waals surface area contributed by atoms with Gasteiger partial charge in [0.2, 0.25) is 11.8 Å². The van der Waals surface area contributed by atoms with E-state index in [2.05, 4.69) is 10.2 Å². The molecule has 18 heavy (non-hydrogen) atoms. The highest BCUT2D eigenvalue weighted by molar-refractivity contribution is 5.76. The van der Waals surface area contributed by atoms with Gasteiger partial charge in [-0.3, -0.25) is 4.79 Å². The van der Waals surface area contributed by atoms with Gasteiger partial charge in [0.15, 0.2) is 0 Å². The van der Waals surface area contributed by atoms with E-state index in [1.165, 1.54) is 0 Å². The van der Waals surface area contributed by atoms with Gasteiger partial charge in [0.25, 0.3) is 0 Å². The van der Waals surface area contributed by atoms with Crippen molar-refractivity contribution in [2.75, 3.05) is 13.1 Å². The van der Waals surface area contributed by atoms with Crippen molar-refractivity contribution < 1.29 is 9.53 Å². The van der Waals surface area contributed by atoms with E-state index in [0.29, 0.717) is 18.8 Å². The lowest BCUT2D eigenvalue weighted by atomic mass is 10.3. The smallest absolute Gasteiger partial charge is 0.233 e. The van der Waals surface area contributed by atoms with Gasteiger partial charge in [-0.1, -0.05) is 6.92 Å². The summed E-state index contributed by atoms with van der Waals surface area (Å²) in [4.78, 5) is 13.6. The van der Waals surface area contributed by atoms with Crippen LogP contribution in [0.25, 0.3) is 0 Å². The van der Waals surface area contributed by atoms with Gasteiger partial charge in [0, 0.05) is 25.5 Å². The molecular weight excluding hydrogens is 230 g/mol. The Labute approximate surface area is 107 Å². The number of carbonyl (C=O) groups is 1. The van der Waals surface area contributed by atoms with Crippen molar-refractivity contribution in [2.45, 2.75) is 39.2 Å². The second kappa shape index (κ2) is 5.80. The summed E-state index contributed by atoms with van der Waals surface area (Å²) >= 11 is 0. The van der Waals surface area contributed by atoms with Crippen LogP contribution in [0.4, 0.5) is 0 Å². The molecule has 98 valence electrons. The Balaban J connectivity index is 1.86. The van der Waals surface area contributed by atoms with E-state index in [4.69, 9.17) is 4.74 Å². The van der Waals surface area contributed by atoms with Gasteiger partial charge in [-0.25, -0.2) is 0 Å². The van der Waals surface area contributed by atoms with E-state index in [9.17, 15) is 4.79 Å². The Morgan fingerprint density at radius 3 is 3.00 bits per heavy atom. The Morgan fingerprint density at radius 1 is 1.50 bits per heavy atom. The maximum atomic E-state index is 11.7. The van der Waals surface area contributed by atoms with E-state index in [1.807, 2.05) is 30.9 Å². The van der Waals surface area contributed by atoms with Gasteiger partial charge in [-0.15, -0.1) is 5.10 Å². The van der Waals surface area contributed by atoms with Crippen molar-refractivity contribution in [3.05, 3.63) is 17.8 Å². The van der Waals surface area contributed by atoms with E-state index in [1.54, 1.807) is 0 Å². The van der Waals surface area contributed by atoms with Crippen LogP contribution in [0.1, 0.15) is 31.9 Å².